The average Bonchev–Trinajstić information content (AvgIpc) is 2.55. The van der Waals surface area contributed by atoms with Gasteiger partial charge < -0.3 is 5.73 Å². The normalized spacial score (nSPS) is 10.9. The SMILES string of the molecule is Cc1nc2scc(C(=N)N)n2c1C. The summed E-state index contributed by atoms with van der Waals surface area (Å²) in [7, 11) is 0. The van der Waals surface area contributed by atoms with E-state index in [4.69, 9.17) is 11.1 Å². The highest BCUT2D eigenvalue weighted by Gasteiger charge is 2.11. The summed E-state index contributed by atoms with van der Waals surface area (Å²) in [5.41, 5.74) is 8.23. The number of fused-ring (bicyclic) bond motifs is 1. The molecule has 2 aromatic rings. The molecule has 4 nitrogen and oxygen atoms in total. The molecule has 0 bridgehead atoms. The van der Waals surface area contributed by atoms with Crippen LogP contribution in [0.25, 0.3) is 4.96 Å². The Morgan fingerprint density at radius 1 is 1.62 bits per heavy atom. The molecule has 0 spiro atoms. The lowest BCUT2D eigenvalue weighted by Crippen LogP contribution is -2.13. The molecule has 0 aromatic carbocycles. The van der Waals surface area contributed by atoms with Crippen LogP contribution in [0.2, 0.25) is 0 Å². The number of amidine groups is 1. The van der Waals surface area contributed by atoms with Crippen LogP contribution in [-0.2, 0) is 0 Å². The van der Waals surface area contributed by atoms with Crippen molar-refractivity contribution in [2.75, 3.05) is 0 Å². The molecule has 0 aliphatic rings. The highest BCUT2D eigenvalue weighted by molar-refractivity contribution is 7.15. The van der Waals surface area contributed by atoms with Gasteiger partial charge in [-0.15, -0.1) is 11.3 Å². The van der Waals surface area contributed by atoms with Gasteiger partial charge in [-0.2, -0.15) is 0 Å². The van der Waals surface area contributed by atoms with E-state index in [1.807, 2.05) is 23.6 Å². The molecule has 0 aliphatic heterocycles. The zero-order valence-corrected chi connectivity index (χ0v) is 8.27. The Morgan fingerprint density at radius 2 is 2.31 bits per heavy atom. The van der Waals surface area contributed by atoms with Gasteiger partial charge in [0.1, 0.15) is 5.84 Å². The van der Waals surface area contributed by atoms with E-state index in [1.165, 1.54) is 11.3 Å². The summed E-state index contributed by atoms with van der Waals surface area (Å²) in [6, 6.07) is 0. The van der Waals surface area contributed by atoms with Crippen LogP contribution < -0.4 is 5.73 Å². The number of aromatic nitrogens is 2. The van der Waals surface area contributed by atoms with Crippen LogP contribution in [0.15, 0.2) is 5.38 Å². The van der Waals surface area contributed by atoms with E-state index in [9.17, 15) is 0 Å². The first-order valence-electron chi connectivity index (χ1n) is 3.89. The summed E-state index contributed by atoms with van der Waals surface area (Å²) in [6.07, 6.45) is 0. The minimum absolute atomic E-state index is 0.0896. The van der Waals surface area contributed by atoms with Crippen LogP contribution in [0.4, 0.5) is 0 Å². The molecule has 0 fully saturated rings. The number of nitrogens with one attached hydrogen (secondary N) is 1. The second kappa shape index (κ2) is 2.56. The van der Waals surface area contributed by atoms with Crippen molar-refractivity contribution >= 4 is 22.1 Å². The van der Waals surface area contributed by atoms with E-state index in [1.54, 1.807) is 0 Å². The van der Waals surface area contributed by atoms with Crippen molar-refractivity contribution in [3.63, 3.8) is 0 Å². The fraction of sp³-hybridized carbons (Fsp3) is 0.250. The summed E-state index contributed by atoms with van der Waals surface area (Å²) in [6.45, 7) is 3.94. The van der Waals surface area contributed by atoms with Crippen LogP contribution in [0.3, 0.4) is 0 Å². The fourth-order valence-corrected chi connectivity index (χ4v) is 2.27. The smallest absolute Gasteiger partial charge is 0.194 e. The van der Waals surface area contributed by atoms with Gasteiger partial charge in [-0.05, 0) is 13.8 Å². The summed E-state index contributed by atoms with van der Waals surface area (Å²) in [4.78, 5) is 5.25. The van der Waals surface area contributed by atoms with Crippen molar-refractivity contribution in [1.82, 2.24) is 9.38 Å². The van der Waals surface area contributed by atoms with Crippen molar-refractivity contribution in [3.8, 4) is 0 Å². The molecule has 0 atom stereocenters. The Kier molecular flexibility index (Phi) is 1.63. The zero-order valence-electron chi connectivity index (χ0n) is 7.46. The minimum Gasteiger partial charge on any atom is -0.382 e. The Labute approximate surface area is 79.5 Å². The number of nitrogen functional groups attached to an aromatic ring is 1. The summed E-state index contributed by atoms with van der Waals surface area (Å²) < 4.78 is 1.92. The molecule has 68 valence electrons. The monoisotopic (exact) mass is 194 g/mol. The molecule has 2 rings (SSSR count). The van der Waals surface area contributed by atoms with Gasteiger partial charge in [-0.3, -0.25) is 9.81 Å². The van der Waals surface area contributed by atoms with Gasteiger partial charge in [0.05, 0.1) is 11.4 Å². The van der Waals surface area contributed by atoms with Gasteiger partial charge in [-0.25, -0.2) is 4.98 Å². The van der Waals surface area contributed by atoms with Gasteiger partial charge in [0.15, 0.2) is 4.96 Å². The standard InChI is InChI=1S/C8H10N4S/c1-4-5(2)12-6(7(9)10)3-13-8(12)11-4/h3H,1-2H3,(H3,9,10). The third-order valence-electron chi connectivity index (χ3n) is 2.11. The summed E-state index contributed by atoms with van der Waals surface area (Å²) >= 11 is 1.51. The first-order valence-corrected chi connectivity index (χ1v) is 4.76. The zero-order chi connectivity index (χ0) is 9.59. The molecule has 2 aromatic heterocycles. The first-order chi connectivity index (χ1) is 6.11. The largest absolute Gasteiger partial charge is 0.382 e. The maximum atomic E-state index is 7.38. The van der Waals surface area contributed by atoms with E-state index in [0.717, 1.165) is 22.0 Å². The van der Waals surface area contributed by atoms with Crippen molar-refractivity contribution in [2.24, 2.45) is 5.73 Å². The van der Waals surface area contributed by atoms with Crippen molar-refractivity contribution in [1.29, 1.82) is 5.41 Å². The number of imidazole rings is 1. The Morgan fingerprint density at radius 3 is 2.92 bits per heavy atom. The Hall–Kier alpha value is -1.36. The van der Waals surface area contributed by atoms with Crippen LogP contribution >= 0.6 is 11.3 Å². The van der Waals surface area contributed by atoms with Crippen LogP contribution in [-0.4, -0.2) is 15.2 Å². The van der Waals surface area contributed by atoms with E-state index >= 15 is 0 Å². The molecule has 0 amide bonds. The van der Waals surface area contributed by atoms with Gasteiger partial charge in [0.2, 0.25) is 0 Å². The van der Waals surface area contributed by atoms with E-state index in [-0.39, 0.29) is 5.84 Å². The molecular formula is C8H10N4S. The number of hydrogen-bond acceptors (Lipinski definition) is 3. The van der Waals surface area contributed by atoms with Gasteiger partial charge >= 0.3 is 0 Å². The van der Waals surface area contributed by atoms with Crippen LogP contribution in [0, 0.1) is 19.3 Å². The molecule has 2 heterocycles. The van der Waals surface area contributed by atoms with Crippen LogP contribution in [0.1, 0.15) is 17.1 Å². The average molecular weight is 194 g/mol. The lowest BCUT2D eigenvalue weighted by molar-refractivity contribution is 1.09. The van der Waals surface area contributed by atoms with Gasteiger partial charge in [0.25, 0.3) is 0 Å². The Bertz CT molecular complexity index is 480. The number of hydrogen-bond donors (Lipinski definition) is 2. The molecule has 0 unspecified atom stereocenters. The molecule has 0 saturated heterocycles. The molecular weight excluding hydrogens is 184 g/mol. The van der Waals surface area contributed by atoms with Crippen LogP contribution in [0.5, 0.6) is 0 Å². The third-order valence-corrected chi connectivity index (χ3v) is 2.93. The van der Waals surface area contributed by atoms with E-state index in [0.29, 0.717) is 0 Å². The summed E-state index contributed by atoms with van der Waals surface area (Å²) in [5.74, 6) is 0.0896. The van der Waals surface area contributed by atoms with Gasteiger partial charge in [0, 0.05) is 11.1 Å². The number of nitrogens with zero attached hydrogens (tertiary/aromatic N) is 2. The number of nitrogens with two attached hydrogens (primary N) is 1. The Balaban J connectivity index is 2.85. The lowest BCUT2D eigenvalue weighted by Gasteiger charge is -1.97. The third kappa shape index (κ3) is 1.04. The minimum atomic E-state index is 0.0896. The van der Waals surface area contributed by atoms with Crippen molar-refractivity contribution in [2.45, 2.75) is 13.8 Å². The fourth-order valence-electron chi connectivity index (χ4n) is 1.29. The van der Waals surface area contributed by atoms with Crippen molar-refractivity contribution < 1.29 is 0 Å². The first kappa shape index (κ1) is 8.25. The molecule has 0 saturated carbocycles. The molecule has 0 radical (unpaired) electrons. The predicted octanol–water partition coefficient (Wildman–Crippen LogP) is 1.30. The van der Waals surface area contributed by atoms with E-state index in [2.05, 4.69) is 4.98 Å². The molecule has 3 N–H and O–H groups in total. The number of aryl methyl sites for hydroxylation is 2. The molecule has 5 heteroatoms. The highest BCUT2D eigenvalue weighted by Crippen LogP contribution is 2.19. The molecule has 0 aliphatic carbocycles. The van der Waals surface area contributed by atoms with Crippen molar-refractivity contribution in [3.05, 3.63) is 22.5 Å². The lowest BCUT2D eigenvalue weighted by atomic mass is 10.3. The predicted molar refractivity (Wildman–Crippen MR) is 53.6 cm³/mol. The topological polar surface area (TPSA) is 67.2 Å². The number of thiazole rings is 1. The maximum absolute atomic E-state index is 7.38. The number of rotatable bonds is 1. The summed E-state index contributed by atoms with van der Waals surface area (Å²) in [5, 5.41) is 9.23. The van der Waals surface area contributed by atoms with Gasteiger partial charge in [-0.1, -0.05) is 0 Å². The second-order valence-corrected chi connectivity index (χ2v) is 3.77. The maximum Gasteiger partial charge on any atom is 0.194 e. The molecule has 13 heavy (non-hydrogen) atoms. The van der Waals surface area contributed by atoms with E-state index < -0.39 is 0 Å². The quantitative estimate of drug-likeness (QED) is 0.530. The second-order valence-electron chi connectivity index (χ2n) is 2.94. The highest BCUT2D eigenvalue weighted by atomic mass is 32.1.